The largest absolute Gasteiger partial charge is 0.416 e. The molecule has 0 saturated carbocycles. The molecule has 90 valence electrons. The quantitative estimate of drug-likeness (QED) is 0.660. The number of alkyl halides is 3. The SMILES string of the molecule is C/C=C/C=C/C=C/c1ccc(C(F)(F)F)cc1. The van der Waals surface area contributed by atoms with Crippen molar-refractivity contribution >= 4 is 6.08 Å². The molecule has 3 heteroatoms. The van der Waals surface area contributed by atoms with Crippen LogP contribution in [-0.4, -0.2) is 0 Å². The zero-order valence-electron chi connectivity index (χ0n) is 9.41. The Labute approximate surface area is 98.8 Å². The van der Waals surface area contributed by atoms with Crippen molar-refractivity contribution in [2.75, 3.05) is 0 Å². The van der Waals surface area contributed by atoms with Gasteiger partial charge >= 0.3 is 6.18 Å². The Morgan fingerprint density at radius 3 is 2.00 bits per heavy atom. The van der Waals surface area contributed by atoms with Crippen LogP contribution in [0.2, 0.25) is 0 Å². The van der Waals surface area contributed by atoms with E-state index in [4.69, 9.17) is 0 Å². The van der Waals surface area contributed by atoms with Gasteiger partial charge in [0.2, 0.25) is 0 Å². The lowest BCUT2D eigenvalue weighted by Gasteiger charge is -2.05. The summed E-state index contributed by atoms with van der Waals surface area (Å²) in [5.74, 6) is 0. The van der Waals surface area contributed by atoms with E-state index in [0.717, 1.165) is 17.7 Å². The maximum Gasteiger partial charge on any atom is 0.416 e. The van der Waals surface area contributed by atoms with Gasteiger partial charge in [0.05, 0.1) is 5.56 Å². The third-order valence-electron chi connectivity index (χ3n) is 2.05. The number of benzene rings is 1. The number of rotatable bonds is 3. The van der Waals surface area contributed by atoms with Gasteiger partial charge in [0.1, 0.15) is 0 Å². The molecule has 17 heavy (non-hydrogen) atoms. The van der Waals surface area contributed by atoms with Gasteiger partial charge in [-0.15, -0.1) is 0 Å². The van der Waals surface area contributed by atoms with Gasteiger partial charge in [-0.25, -0.2) is 0 Å². The molecule has 0 aliphatic carbocycles. The number of hydrogen-bond acceptors (Lipinski definition) is 0. The fourth-order valence-electron chi connectivity index (χ4n) is 1.19. The van der Waals surface area contributed by atoms with Crippen molar-refractivity contribution in [3.63, 3.8) is 0 Å². The van der Waals surface area contributed by atoms with Crippen molar-refractivity contribution in [2.45, 2.75) is 13.1 Å². The summed E-state index contributed by atoms with van der Waals surface area (Å²) in [7, 11) is 0. The summed E-state index contributed by atoms with van der Waals surface area (Å²) in [4.78, 5) is 0. The van der Waals surface area contributed by atoms with Crippen LogP contribution in [0.5, 0.6) is 0 Å². The monoisotopic (exact) mass is 238 g/mol. The van der Waals surface area contributed by atoms with Gasteiger partial charge in [-0.3, -0.25) is 0 Å². The number of hydrogen-bond donors (Lipinski definition) is 0. The third kappa shape index (κ3) is 4.72. The van der Waals surface area contributed by atoms with Crippen LogP contribution in [0.25, 0.3) is 6.08 Å². The molecular formula is C14H13F3. The fraction of sp³-hybridized carbons (Fsp3) is 0.143. The molecule has 0 radical (unpaired) electrons. The summed E-state index contributed by atoms with van der Waals surface area (Å²) >= 11 is 0. The van der Waals surface area contributed by atoms with Crippen LogP contribution < -0.4 is 0 Å². The Morgan fingerprint density at radius 1 is 0.882 bits per heavy atom. The summed E-state index contributed by atoms with van der Waals surface area (Å²) in [6.07, 6.45) is 6.69. The molecule has 0 amide bonds. The second kappa shape index (κ2) is 6.09. The topological polar surface area (TPSA) is 0 Å². The summed E-state index contributed by atoms with van der Waals surface area (Å²) in [5.41, 5.74) is 0.113. The van der Waals surface area contributed by atoms with Crippen LogP contribution in [0.4, 0.5) is 13.2 Å². The van der Waals surface area contributed by atoms with E-state index in [1.807, 2.05) is 31.2 Å². The van der Waals surface area contributed by atoms with E-state index in [-0.39, 0.29) is 0 Å². The van der Waals surface area contributed by atoms with E-state index in [9.17, 15) is 13.2 Å². The van der Waals surface area contributed by atoms with Crippen molar-refractivity contribution in [3.05, 3.63) is 65.8 Å². The van der Waals surface area contributed by atoms with Gasteiger partial charge in [0.15, 0.2) is 0 Å². The number of allylic oxidation sites excluding steroid dienone is 5. The Balaban J connectivity index is 2.69. The summed E-state index contributed by atoms with van der Waals surface area (Å²) in [6, 6.07) is 5.05. The first kappa shape index (κ1) is 13.3. The molecule has 0 bridgehead atoms. The van der Waals surface area contributed by atoms with Crippen LogP contribution in [0.1, 0.15) is 18.1 Å². The second-order valence-electron chi connectivity index (χ2n) is 3.39. The summed E-state index contributed by atoms with van der Waals surface area (Å²) < 4.78 is 36.8. The molecule has 1 rings (SSSR count). The van der Waals surface area contributed by atoms with Crippen molar-refractivity contribution in [2.24, 2.45) is 0 Å². The molecule has 0 N–H and O–H groups in total. The van der Waals surface area contributed by atoms with Gasteiger partial charge in [-0.2, -0.15) is 13.2 Å². The average Bonchev–Trinajstić information content (AvgIpc) is 2.28. The minimum absolute atomic E-state index is 0.626. The lowest BCUT2D eigenvalue weighted by Crippen LogP contribution is -2.03. The first-order valence-electron chi connectivity index (χ1n) is 5.17. The first-order valence-corrected chi connectivity index (χ1v) is 5.17. The van der Waals surface area contributed by atoms with E-state index in [1.54, 1.807) is 12.2 Å². The van der Waals surface area contributed by atoms with Gasteiger partial charge in [0.25, 0.3) is 0 Å². The van der Waals surface area contributed by atoms with E-state index < -0.39 is 11.7 Å². The van der Waals surface area contributed by atoms with E-state index in [1.165, 1.54) is 12.1 Å². The normalized spacial score (nSPS) is 13.2. The van der Waals surface area contributed by atoms with Crippen molar-refractivity contribution in [1.29, 1.82) is 0 Å². The molecule has 0 aliphatic rings. The van der Waals surface area contributed by atoms with Crippen LogP contribution >= 0.6 is 0 Å². The Morgan fingerprint density at radius 2 is 1.47 bits per heavy atom. The molecule has 0 atom stereocenters. The Hall–Kier alpha value is -1.77. The average molecular weight is 238 g/mol. The van der Waals surface area contributed by atoms with Gasteiger partial charge in [-0.05, 0) is 24.6 Å². The van der Waals surface area contributed by atoms with Gasteiger partial charge in [-0.1, -0.05) is 48.6 Å². The van der Waals surface area contributed by atoms with Crippen LogP contribution in [0.3, 0.4) is 0 Å². The molecule has 0 heterocycles. The van der Waals surface area contributed by atoms with Gasteiger partial charge in [0, 0.05) is 0 Å². The summed E-state index contributed by atoms with van der Waals surface area (Å²) in [6.45, 7) is 1.91. The standard InChI is InChI=1S/C14H13F3/c1-2-3-4-5-6-7-12-8-10-13(11-9-12)14(15,16)17/h2-11H,1H3/b3-2+,5-4+,7-6+. The highest BCUT2D eigenvalue weighted by atomic mass is 19.4. The predicted octanol–water partition coefficient (Wildman–Crippen LogP) is 4.85. The highest BCUT2D eigenvalue weighted by molar-refractivity contribution is 5.51. The highest BCUT2D eigenvalue weighted by Gasteiger charge is 2.29. The lowest BCUT2D eigenvalue weighted by molar-refractivity contribution is -0.137. The van der Waals surface area contributed by atoms with Crippen molar-refractivity contribution < 1.29 is 13.2 Å². The zero-order chi connectivity index (χ0) is 12.7. The first-order chi connectivity index (χ1) is 8.04. The number of halogens is 3. The smallest absolute Gasteiger partial charge is 0.166 e. The van der Waals surface area contributed by atoms with Crippen molar-refractivity contribution in [1.82, 2.24) is 0 Å². The molecule has 0 fully saturated rings. The zero-order valence-corrected chi connectivity index (χ0v) is 9.41. The summed E-state index contributed by atoms with van der Waals surface area (Å²) in [5, 5.41) is 0. The lowest BCUT2D eigenvalue weighted by atomic mass is 10.1. The van der Waals surface area contributed by atoms with Crippen LogP contribution in [0.15, 0.2) is 54.6 Å². The maximum absolute atomic E-state index is 12.3. The molecule has 0 aromatic heterocycles. The van der Waals surface area contributed by atoms with Crippen LogP contribution in [-0.2, 0) is 6.18 Å². The molecule has 1 aromatic rings. The molecule has 0 unspecified atom stereocenters. The Bertz CT molecular complexity index is 420. The Kier molecular flexibility index (Phi) is 4.76. The molecule has 0 aliphatic heterocycles. The molecule has 1 aromatic carbocycles. The maximum atomic E-state index is 12.3. The van der Waals surface area contributed by atoms with E-state index >= 15 is 0 Å². The third-order valence-corrected chi connectivity index (χ3v) is 2.05. The molecule has 0 saturated heterocycles. The highest BCUT2D eigenvalue weighted by Crippen LogP contribution is 2.29. The molecule has 0 nitrogen and oxygen atoms in total. The van der Waals surface area contributed by atoms with Gasteiger partial charge < -0.3 is 0 Å². The minimum Gasteiger partial charge on any atom is -0.166 e. The molecule has 0 spiro atoms. The fourth-order valence-corrected chi connectivity index (χ4v) is 1.19. The van der Waals surface area contributed by atoms with E-state index in [0.29, 0.717) is 0 Å². The van der Waals surface area contributed by atoms with Crippen LogP contribution in [0, 0.1) is 0 Å². The van der Waals surface area contributed by atoms with Crippen molar-refractivity contribution in [3.8, 4) is 0 Å². The minimum atomic E-state index is -4.27. The molecular weight excluding hydrogens is 225 g/mol. The second-order valence-corrected chi connectivity index (χ2v) is 3.39. The predicted molar refractivity (Wildman–Crippen MR) is 64.4 cm³/mol. The van der Waals surface area contributed by atoms with E-state index in [2.05, 4.69) is 0 Å².